The van der Waals surface area contributed by atoms with Crippen LogP contribution in [0.5, 0.6) is 23.0 Å². The van der Waals surface area contributed by atoms with Gasteiger partial charge in [0.2, 0.25) is 0 Å². The second-order valence-corrected chi connectivity index (χ2v) is 11.6. The van der Waals surface area contributed by atoms with Crippen molar-refractivity contribution in [2.75, 3.05) is 13.2 Å². The van der Waals surface area contributed by atoms with E-state index in [4.69, 9.17) is 9.47 Å². The number of nitrogens with zero attached hydrogens (tertiary/aromatic N) is 6. The standard InChI is InChI=1S/2C20H21N3O3.Zn/c2*1-4-26-17-12-8-9-15(19(17)24)13-21-18-14(2)22(3)23(20(18)25)16-10-6-5-7-11-16;/h2*5-13,24H,4H2,1-3H3;/q;;+2/p-2. The summed E-state index contributed by atoms with van der Waals surface area (Å²) < 4.78 is 17.2. The summed E-state index contributed by atoms with van der Waals surface area (Å²) in [5.74, 6) is 0.0796. The van der Waals surface area contributed by atoms with Crippen LogP contribution in [0.1, 0.15) is 36.4 Å². The van der Waals surface area contributed by atoms with E-state index in [1.807, 2.05) is 88.4 Å². The monoisotopic (exact) mass is 764 g/mol. The molecule has 0 N–H and O–H groups in total. The molecule has 0 unspecified atom stereocenters. The number of aliphatic imine (C=N–C) groups is 2. The van der Waals surface area contributed by atoms with Crippen LogP contribution in [-0.4, -0.2) is 44.4 Å². The third kappa shape index (κ3) is 8.59. The van der Waals surface area contributed by atoms with E-state index in [9.17, 15) is 19.8 Å². The summed E-state index contributed by atoms with van der Waals surface area (Å²) in [6, 6.07) is 28.7. The molecule has 0 atom stereocenters. The minimum absolute atomic E-state index is 0. The summed E-state index contributed by atoms with van der Waals surface area (Å²) in [5, 5.41) is 24.7. The average molecular weight is 766 g/mol. The van der Waals surface area contributed by atoms with Gasteiger partial charge in [-0.2, -0.15) is 0 Å². The zero-order valence-electron chi connectivity index (χ0n) is 30.6. The maximum atomic E-state index is 12.8. The maximum absolute atomic E-state index is 12.8. The number of para-hydroxylation sites is 4. The first kappa shape index (κ1) is 39.8. The number of benzene rings is 4. The predicted octanol–water partition coefficient (Wildman–Crippen LogP) is 5.41. The third-order valence-corrected chi connectivity index (χ3v) is 8.33. The van der Waals surface area contributed by atoms with Crippen LogP contribution < -0.4 is 30.8 Å². The zero-order chi connectivity index (χ0) is 37.4. The number of aromatic nitrogens is 4. The Bertz CT molecular complexity index is 2170. The van der Waals surface area contributed by atoms with Crippen molar-refractivity contribution in [3.63, 3.8) is 0 Å². The summed E-state index contributed by atoms with van der Waals surface area (Å²) >= 11 is 0. The molecule has 2 aromatic heterocycles. The summed E-state index contributed by atoms with van der Waals surface area (Å²) in [6.45, 7) is 8.11. The fourth-order valence-electron chi connectivity index (χ4n) is 5.48. The Morgan fingerprint density at radius 3 is 1.28 bits per heavy atom. The Morgan fingerprint density at radius 2 is 0.943 bits per heavy atom. The van der Waals surface area contributed by atoms with Crippen molar-refractivity contribution in [3.8, 4) is 34.4 Å². The van der Waals surface area contributed by atoms with Crippen molar-refractivity contribution in [2.24, 2.45) is 24.1 Å². The van der Waals surface area contributed by atoms with E-state index in [-0.39, 0.29) is 53.6 Å². The molecular formula is C40H40N6O6Zn. The number of hydrogen-bond acceptors (Lipinski definition) is 8. The predicted molar refractivity (Wildman–Crippen MR) is 200 cm³/mol. The van der Waals surface area contributed by atoms with Crippen molar-refractivity contribution in [3.05, 3.63) is 140 Å². The molecule has 0 fully saturated rings. The zero-order valence-corrected chi connectivity index (χ0v) is 33.6. The fraction of sp³-hybridized carbons (Fsp3) is 0.200. The van der Waals surface area contributed by atoms with Crippen LogP contribution in [-0.2, 0) is 33.6 Å². The molecule has 53 heavy (non-hydrogen) atoms. The van der Waals surface area contributed by atoms with Gasteiger partial charge < -0.3 is 19.7 Å². The van der Waals surface area contributed by atoms with Gasteiger partial charge in [-0.25, -0.2) is 19.3 Å². The molecule has 6 aromatic rings. The minimum atomic E-state index is -0.241. The molecule has 0 aliphatic heterocycles. The molecule has 2 heterocycles. The molecule has 0 saturated carbocycles. The van der Waals surface area contributed by atoms with E-state index in [0.717, 1.165) is 11.4 Å². The van der Waals surface area contributed by atoms with E-state index >= 15 is 0 Å². The average Bonchev–Trinajstić information content (AvgIpc) is 3.50. The summed E-state index contributed by atoms with van der Waals surface area (Å²) in [4.78, 5) is 34.2. The van der Waals surface area contributed by atoms with Crippen molar-refractivity contribution in [1.82, 2.24) is 18.7 Å². The molecule has 0 aliphatic carbocycles. The van der Waals surface area contributed by atoms with Gasteiger partial charge in [-0.05, 0) is 75.2 Å². The van der Waals surface area contributed by atoms with E-state index in [1.54, 1.807) is 69.2 Å². The first-order valence-electron chi connectivity index (χ1n) is 16.7. The normalized spacial score (nSPS) is 11.0. The molecule has 13 heteroatoms. The quantitative estimate of drug-likeness (QED) is 0.135. The van der Waals surface area contributed by atoms with E-state index < -0.39 is 0 Å². The summed E-state index contributed by atoms with van der Waals surface area (Å²) in [5.41, 5.74) is 3.83. The van der Waals surface area contributed by atoms with Crippen LogP contribution in [0.3, 0.4) is 0 Å². The van der Waals surface area contributed by atoms with Gasteiger partial charge in [0.25, 0.3) is 11.1 Å². The molecule has 268 valence electrons. The SMILES string of the molecule is CCOc1cccc(C=Nc2c(C)n(C)n(-c3ccccc3)c2=O)c1[O-].CCOc1cccc(C=Nc2c(C)n(C)n(-c3ccccc3)c2=O)c1[O-].[Zn+2]. The molecule has 0 saturated heterocycles. The second kappa shape index (κ2) is 18.0. The van der Waals surface area contributed by atoms with Crippen LogP contribution >= 0.6 is 0 Å². The van der Waals surface area contributed by atoms with E-state index in [0.29, 0.717) is 47.1 Å². The Kier molecular flexibility index (Phi) is 13.5. The van der Waals surface area contributed by atoms with Gasteiger partial charge >= 0.3 is 19.5 Å². The molecular weight excluding hydrogens is 726 g/mol. The largest absolute Gasteiger partial charge is 2.00 e. The fourth-order valence-corrected chi connectivity index (χ4v) is 5.48. The van der Waals surface area contributed by atoms with Crippen molar-refractivity contribution in [1.29, 1.82) is 0 Å². The number of hydrogen-bond donors (Lipinski definition) is 0. The van der Waals surface area contributed by atoms with Crippen molar-refractivity contribution < 1.29 is 39.2 Å². The molecule has 12 nitrogen and oxygen atoms in total. The third-order valence-electron chi connectivity index (χ3n) is 8.33. The topological polar surface area (TPSA) is 143 Å². The Hall–Kier alpha value is -5.94. The van der Waals surface area contributed by atoms with Gasteiger partial charge in [0, 0.05) is 26.5 Å². The van der Waals surface area contributed by atoms with Crippen LogP contribution in [0.2, 0.25) is 0 Å². The Labute approximate surface area is 320 Å². The first-order valence-corrected chi connectivity index (χ1v) is 16.7. The molecule has 0 spiro atoms. The van der Waals surface area contributed by atoms with Crippen LogP contribution in [0.15, 0.2) is 117 Å². The van der Waals surface area contributed by atoms with Crippen LogP contribution in [0.25, 0.3) is 11.4 Å². The van der Waals surface area contributed by atoms with Gasteiger partial charge in [-0.1, -0.05) is 72.2 Å². The Morgan fingerprint density at radius 1 is 0.585 bits per heavy atom. The van der Waals surface area contributed by atoms with Gasteiger partial charge in [-0.15, -0.1) is 0 Å². The van der Waals surface area contributed by atoms with Gasteiger partial charge in [0.1, 0.15) is 11.5 Å². The first-order chi connectivity index (χ1) is 25.1. The van der Waals surface area contributed by atoms with E-state index in [2.05, 4.69) is 9.98 Å². The van der Waals surface area contributed by atoms with Gasteiger partial charge in [0.15, 0.2) is 11.4 Å². The minimum Gasteiger partial charge on any atom is -0.870 e. The molecule has 0 aliphatic rings. The molecule has 0 radical (unpaired) electrons. The maximum Gasteiger partial charge on any atom is 2.00 e. The second-order valence-electron chi connectivity index (χ2n) is 11.6. The smallest absolute Gasteiger partial charge is 0.870 e. The van der Waals surface area contributed by atoms with E-state index in [1.165, 1.54) is 12.4 Å². The van der Waals surface area contributed by atoms with Gasteiger partial charge in [0.05, 0.1) is 36.0 Å². The van der Waals surface area contributed by atoms with Crippen molar-refractivity contribution >= 4 is 23.8 Å². The molecule has 0 amide bonds. The summed E-state index contributed by atoms with van der Waals surface area (Å²) in [7, 11) is 3.61. The molecule has 0 bridgehead atoms. The summed E-state index contributed by atoms with van der Waals surface area (Å²) in [6.07, 6.45) is 2.84. The Balaban J connectivity index is 0.000000232. The van der Waals surface area contributed by atoms with Crippen molar-refractivity contribution in [2.45, 2.75) is 27.7 Å². The molecule has 6 rings (SSSR count). The van der Waals surface area contributed by atoms with Crippen LogP contribution in [0, 0.1) is 13.8 Å². The molecule has 4 aromatic carbocycles. The van der Waals surface area contributed by atoms with Gasteiger partial charge in [-0.3, -0.25) is 19.0 Å². The van der Waals surface area contributed by atoms with Crippen LogP contribution in [0.4, 0.5) is 11.4 Å². The number of ether oxygens (including phenoxy) is 2. The number of rotatable bonds is 10.